The van der Waals surface area contributed by atoms with Crippen molar-refractivity contribution >= 4 is 29.1 Å². The molecule has 3 N–H and O–H groups in total. The summed E-state index contributed by atoms with van der Waals surface area (Å²) in [7, 11) is 0. The minimum absolute atomic E-state index is 0.00839. The number of hydrogen-bond acceptors (Lipinski definition) is 7. The fourth-order valence-corrected chi connectivity index (χ4v) is 7.74. The zero-order valence-corrected chi connectivity index (χ0v) is 29.8. The summed E-state index contributed by atoms with van der Waals surface area (Å²) >= 11 is 1.52. The summed E-state index contributed by atoms with van der Waals surface area (Å²) in [4.78, 5) is 46.7. The first-order chi connectivity index (χ1) is 22.2. The minimum Gasteiger partial charge on any atom is -0.481 e. The Morgan fingerprint density at radius 3 is 2.32 bits per heavy atom. The lowest BCUT2D eigenvalue weighted by molar-refractivity contribution is -0.877. The lowest BCUT2D eigenvalue weighted by Gasteiger charge is -2.31. The van der Waals surface area contributed by atoms with Gasteiger partial charge in [-0.25, -0.2) is 9.51 Å². The van der Waals surface area contributed by atoms with E-state index in [0.717, 1.165) is 34.7 Å². The quantitative estimate of drug-likeness (QED) is 0.185. The van der Waals surface area contributed by atoms with E-state index in [4.69, 9.17) is 4.52 Å². The highest BCUT2D eigenvalue weighted by molar-refractivity contribution is 7.13. The van der Waals surface area contributed by atoms with Crippen LogP contribution < -0.4 is 10.1 Å². The molecule has 0 saturated carbocycles. The number of aromatic nitrogens is 2. The summed E-state index contributed by atoms with van der Waals surface area (Å²) in [6, 6.07) is 7.54. The van der Waals surface area contributed by atoms with Gasteiger partial charge < -0.3 is 20.4 Å². The molecule has 4 unspecified atom stereocenters. The molecule has 0 bridgehead atoms. The van der Waals surface area contributed by atoms with Gasteiger partial charge in [0, 0.05) is 25.3 Å². The standard InChI is InChI=1S/C36H50N4O6S/c1-9-36(10-2,22(5)6)19-40-23(7)15-30(46-40)32(21(3)4)35(45)39-18-27(41)16-29(39)34(44)38-28(17-31(42)43)25-11-13-26(14-12-25)33-24(8)37-20-47-33/h11-15,20-22,27-29,32,41H,9-10,16-19H2,1-8H3,(H-,38,42,43,44)/p+1. The van der Waals surface area contributed by atoms with Gasteiger partial charge in [0.2, 0.25) is 17.5 Å². The fourth-order valence-electron chi connectivity index (χ4n) is 6.93. The first-order valence-electron chi connectivity index (χ1n) is 16.7. The summed E-state index contributed by atoms with van der Waals surface area (Å²) in [5, 5.41) is 23.3. The second kappa shape index (κ2) is 15.1. The molecule has 1 aliphatic rings. The molecule has 47 heavy (non-hydrogen) atoms. The van der Waals surface area contributed by atoms with Crippen LogP contribution in [0.3, 0.4) is 0 Å². The number of carbonyl (C=O) groups is 3. The molecule has 11 heteroatoms. The molecule has 10 nitrogen and oxygen atoms in total. The highest BCUT2D eigenvalue weighted by Gasteiger charge is 2.45. The van der Waals surface area contributed by atoms with Crippen LogP contribution in [0.5, 0.6) is 0 Å². The molecule has 2 amide bonds. The molecular weight excluding hydrogens is 616 g/mol. The van der Waals surface area contributed by atoms with Gasteiger partial charge in [0.1, 0.15) is 12.0 Å². The number of likely N-dealkylation sites (tertiary alicyclic amines) is 1. The van der Waals surface area contributed by atoms with Crippen molar-refractivity contribution in [3.05, 3.63) is 58.6 Å². The molecule has 1 saturated heterocycles. The van der Waals surface area contributed by atoms with E-state index in [9.17, 15) is 24.6 Å². The number of thiazole rings is 1. The van der Waals surface area contributed by atoms with E-state index >= 15 is 0 Å². The highest BCUT2D eigenvalue weighted by atomic mass is 32.1. The maximum atomic E-state index is 14.3. The van der Waals surface area contributed by atoms with E-state index in [-0.39, 0.29) is 36.6 Å². The zero-order valence-electron chi connectivity index (χ0n) is 28.9. The summed E-state index contributed by atoms with van der Waals surface area (Å²) < 4.78 is 8.29. The second-order valence-electron chi connectivity index (χ2n) is 13.7. The highest BCUT2D eigenvalue weighted by Crippen LogP contribution is 2.37. The number of amides is 2. The normalized spacial score (nSPS) is 18.1. The van der Waals surface area contributed by atoms with Crippen molar-refractivity contribution in [3.63, 3.8) is 0 Å². The second-order valence-corrected chi connectivity index (χ2v) is 14.6. The van der Waals surface area contributed by atoms with E-state index in [1.54, 1.807) is 5.51 Å². The molecule has 3 heterocycles. The maximum absolute atomic E-state index is 14.3. The molecule has 2 aromatic heterocycles. The number of nitrogens with zero attached hydrogens (tertiary/aromatic N) is 3. The lowest BCUT2D eigenvalue weighted by Crippen LogP contribution is -2.49. The van der Waals surface area contributed by atoms with Gasteiger partial charge >= 0.3 is 5.97 Å². The monoisotopic (exact) mass is 667 g/mol. The van der Waals surface area contributed by atoms with Crippen LogP contribution in [0.4, 0.5) is 0 Å². The minimum atomic E-state index is -1.06. The SMILES string of the molecule is CCC(CC)(C[n+]1oc(C(C(=O)N2CC(O)CC2C(=O)NC(CC(=O)O)c2ccc(-c3scnc3C)cc2)C(C)C)cc1C)C(C)C. The van der Waals surface area contributed by atoms with Crippen LogP contribution in [0.2, 0.25) is 0 Å². The van der Waals surface area contributed by atoms with E-state index in [1.807, 2.05) is 62.8 Å². The summed E-state index contributed by atoms with van der Waals surface area (Å²) in [6.45, 7) is 17.4. The molecular formula is C36H51N4O6S+. The number of hydrogen-bond donors (Lipinski definition) is 3. The van der Waals surface area contributed by atoms with Gasteiger partial charge in [-0.3, -0.25) is 14.4 Å². The summed E-state index contributed by atoms with van der Waals surface area (Å²) in [5.74, 6) is -1.68. The molecule has 0 spiro atoms. The molecule has 3 aromatic rings. The van der Waals surface area contributed by atoms with Gasteiger partial charge in [0.05, 0.1) is 40.7 Å². The van der Waals surface area contributed by atoms with Gasteiger partial charge in [0.25, 0.3) is 0 Å². The summed E-state index contributed by atoms with van der Waals surface area (Å²) in [5.41, 5.74) is 5.26. The molecule has 1 fully saturated rings. The molecule has 0 aliphatic carbocycles. The van der Waals surface area contributed by atoms with Crippen molar-refractivity contribution in [1.29, 1.82) is 0 Å². The Morgan fingerprint density at radius 1 is 1.13 bits per heavy atom. The first-order valence-corrected chi connectivity index (χ1v) is 17.6. The van der Waals surface area contributed by atoms with Crippen molar-refractivity contribution < 1.29 is 33.9 Å². The van der Waals surface area contributed by atoms with Crippen molar-refractivity contribution in [1.82, 2.24) is 15.2 Å². The molecule has 4 atom stereocenters. The number of aliphatic hydroxyl groups is 1. The van der Waals surface area contributed by atoms with Crippen molar-refractivity contribution in [2.45, 2.75) is 112 Å². The van der Waals surface area contributed by atoms with Crippen LogP contribution in [-0.2, 0) is 20.9 Å². The smallest absolute Gasteiger partial charge is 0.305 e. The van der Waals surface area contributed by atoms with Gasteiger partial charge in [-0.1, -0.05) is 65.8 Å². The number of aliphatic hydroxyl groups excluding tert-OH is 1. The average Bonchev–Trinajstić information content (AvgIpc) is 3.73. The lowest BCUT2D eigenvalue weighted by atomic mass is 9.73. The molecule has 256 valence electrons. The van der Waals surface area contributed by atoms with Gasteiger partial charge in [-0.15, -0.1) is 11.3 Å². The van der Waals surface area contributed by atoms with E-state index in [2.05, 4.69) is 38.0 Å². The van der Waals surface area contributed by atoms with Crippen molar-refractivity contribution in [2.75, 3.05) is 6.54 Å². The van der Waals surface area contributed by atoms with Crippen LogP contribution in [0.25, 0.3) is 10.4 Å². The van der Waals surface area contributed by atoms with E-state index in [0.29, 0.717) is 23.8 Å². The van der Waals surface area contributed by atoms with Crippen LogP contribution in [0.1, 0.15) is 102 Å². The average molecular weight is 668 g/mol. The Labute approximate surface area is 282 Å². The third kappa shape index (κ3) is 7.95. The predicted molar refractivity (Wildman–Crippen MR) is 181 cm³/mol. The Hall–Kier alpha value is -3.57. The molecule has 1 aliphatic heterocycles. The Bertz CT molecular complexity index is 1540. The Morgan fingerprint density at radius 2 is 1.79 bits per heavy atom. The summed E-state index contributed by atoms with van der Waals surface area (Å²) in [6.07, 6.45) is 0.843. The Balaban J connectivity index is 1.57. The zero-order chi connectivity index (χ0) is 34.6. The molecule has 1 aromatic carbocycles. The van der Waals surface area contributed by atoms with Crippen LogP contribution in [-0.4, -0.2) is 56.6 Å². The number of benzene rings is 1. The number of nitrogens with one attached hydrogen (secondary N) is 1. The van der Waals surface area contributed by atoms with Gasteiger partial charge in [-0.2, -0.15) is 0 Å². The van der Waals surface area contributed by atoms with Gasteiger partial charge in [0.15, 0.2) is 12.3 Å². The third-order valence-electron chi connectivity index (χ3n) is 10.2. The predicted octanol–water partition coefficient (Wildman–Crippen LogP) is 5.80. The van der Waals surface area contributed by atoms with E-state index < -0.39 is 36.0 Å². The maximum Gasteiger partial charge on any atom is 0.305 e. The number of aliphatic carboxylic acids is 1. The molecule has 4 rings (SSSR count). The number of rotatable bonds is 14. The van der Waals surface area contributed by atoms with Crippen molar-refractivity contribution in [2.24, 2.45) is 17.3 Å². The number of carboxylic acid groups (broad SMARTS) is 1. The van der Waals surface area contributed by atoms with Crippen molar-refractivity contribution in [3.8, 4) is 10.4 Å². The van der Waals surface area contributed by atoms with Gasteiger partial charge in [-0.05, 0) is 47.5 Å². The van der Waals surface area contributed by atoms with Crippen LogP contribution in [0.15, 0.2) is 40.4 Å². The topological polar surface area (TPSA) is 137 Å². The first kappa shape index (κ1) is 36.3. The number of carbonyl (C=O) groups excluding carboxylic acids is 2. The fraction of sp³-hybridized carbons (Fsp3) is 0.583. The van der Waals surface area contributed by atoms with Crippen LogP contribution >= 0.6 is 11.3 Å². The Kier molecular flexibility index (Phi) is 11.7. The van der Waals surface area contributed by atoms with Crippen LogP contribution in [0, 0.1) is 31.1 Å². The largest absolute Gasteiger partial charge is 0.481 e. The molecule has 0 radical (unpaired) electrons. The third-order valence-corrected chi connectivity index (χ3v) is 11.1. The number of carboxylic acids is 1. The number of aryl methyl sites for hydroxylation is 2. The number of β-amino-alcohol motifs (C(OH)–C–C–N with tert-alkyl or cyclic N) is 1. The van der Waals surface area contributed by atoms with E-state index in [1.165, 1.54) is 16.2 Å².